The molecule has 3 aromatic rings. The lowest BCUT2D eigenvalue weighted by Crippen LogP contribution is -2.13. The van der Waals surface area contributed by atoms with Crippen molar-refractivity contribution in [2.45, 2.75) is 25.7 Å². The van der Waals surface area contributed by atoms with Gasteiger partial charge in [-0.05, 0) is 41.5 Å². The Kier molecular flexibility index (Phi) is 6.34. The van der Waals surface area contributed by atoms with Crippen molar-refractivity contribution in [3.63, 3.8) is 0 Å². The first-order valence-corrected chi connectivity index (χ1v) is 9.59. The molecule has 4 heteroatoms. The van der Waals surface area contributed by atoms with Crippen molar-refractivity contribution in [2.75, 3.05) is 5.32 Å². The highest BCUT2D eigenvalue weighted by molar-refractivity contribution is 7.12. The van der Waals surface area contributed by atoms with E-state index in [1.54, 1.807) is 0 Å². The van der Waals surface area contributed by atoms with Crippen LogP contribution in [0.4, 0.5) is 5.69 Å². The van der Waals surface area contributed by atoms with Gasteiger partial charge in [-0.15, -0.1) is 11.3 Å². The van der Waals surface area contributed by atoms with Gasteiger partial charge in [0.05, 0.1) is 4.88 Å². The molecule has 1 heterocycles. The Balaban J connectivity index is 1.53. The molecule has 0 atom stereocenters. The minimum absolute atomic E-state index is 0.0514. The smallest absolute Gasteiger partial charge is 0.224 e. The first kappa shape index (κ1) is 18.1. The zero-order valence-electron chi connectivity index (χ0n) is 14.5. The van der Waals surface area contributed by atoms with Crippen LogP contribution in [0.25, 0.3) is 0 Å². The number of para-hydroxylation sites is 1. The molecule has 0 unspecified atom stereocenters. The molecule has 0 aliphatic heterocycles. The number of benzene rings is 2. The van der Waals surface area contributed by atoms with Gasteiger partial charge in [0.25, 0.3) is 0 Å². The Morgan fingerprint density at radius 1 is 0.846 bits per heavy atom. The number of nitrogens with one attached hydrogen (secondary N) is 1. The highest BCUT2D eigenvalue weighted by Crippen LogP contribution is 2.20. The fourth-order valence-corrected chi connectivity index (χ4v) is 3.49. The minimum atomic E-state index is -0.0514. The van der Waals surface area contributed by atoms with E-state index in [1.165, 1.54) is 16.9 Å². The van der Waals surface area contributed by atoms with Gasteiger partial charge in [-0.2, -0.15) is 0 Å². The molecule has 0 aliphatic carbocycles. The molecule has 132 valence electrons. The summed E-state index contributed by atoms with van der Waals surface area (Å²) in [5.74, 6) is 0.0572. The molecule has 0 saturated heterocycles. The number of rotatable bonds is 8. The highest BCUT2D eigenvalue weighted by atomic mass is 32.1. The van der Waals surface area contributed by atoms with Gasteiger partial charge in [0, 0.05) is 18.5 Å². The van der Waals surface area contributed by atoms with Crippen LogP contribution in [0.15, 0.2) is 72.1 Å². The lowest BCUT2D eigenvalue weighted by molar-refractivity contribution is -0.116. The molecule has 26 heavy (non-hydrogen) atoms. The summed E-state index contributed by atoms with van der Waals surface area (Å²) in [4.78, 5) is 25.0. The lowest BCUT2D eigenvalue weighted by Gasteiger charge is -2.11. The van der Waals surface area contributed by atoms with Gasteiger partial charge in [0.1, 0.15) is 0 Å². The van der Waals surface area contributed by atoms with Crippen molar-refractivity contribution in [1.82, 2.24) is 0 Å². The fraction of sp³-hybridized carbons (Fsp3) is 0.182. The molecule has 0 bridgehead atoms. The Labute approximate surface area is 157 Å². The second-order valence-electron chi connectivity index (χ2n) is 6.12. The number of ketones is 1. The second-order valence-corrected chi connectivity index (χ2v) is 7.07. The second kappa shape index (κ2) is 9.11. The number of thiophene rings is 1. The molecule has 0 spiro atoms. The Morgan fingerprint density at radius 2 is 1.62 bits per heavy atom. The third-order valence-corrected chi connectivity index (χ3v) is 5.04. The van der Waals surface area contributed by atoms with Gasteiger partial charge in [0.15, 0.2) is 5.78 Å². The van der Waals surface area contributed by atoms with Crippen molar-refractivity contribution >= 4 is 28.7 Å². The van der Waals surface area contributed by atoms with Crippen molar-refractivity contribution in [3.05, 3.63) is 88.1 Å². The number of Topliss-reactive ketones (excluding diaryl/α,β-unsaturated/α-hetero) is 1. The van der Waals surface area contributed by atoms with Crippen LogP contribution in [-0.2, 0) is 11.2 Å². The molecule has 2 aromatic carbocycles. The van der Waals surface area contributed by atoms with E-state index in [0.29, 0.717) is 19.3 Å². The van der Waals surface area contributed by atoms with Crippen LogP contribution in [0.5, 0.6) is 0 Å². The van der Waals surface area contributed by atoms with Gasteiger partial charge in [0.2, 0.25) is 5.91 Å². The monoisotopic (exact) mass is 363 g/mol. The van der Waals surface area contributed by atoms with E-state index in [9.17, 15) is 9.59 Å². The van der Waals surface area contributed by atoms with Crippen LogP contribution >= 0.6 is 11.3 Å². The summed E-state index contributed by atoms with van der Waals surface area (Å²) in [6.07, 6.45) is 2.08. The summed E-state index contributed by atoms with van der Waals surface area (Å²) in [6, 6.07) is 21.7. The number of anilines is 1. The zero-order valence-corrected chi connectivity index (χ0v) is 15.3. The first-order valence-electron chi connectivity index (χ1n) is 8.71. The Bertz CT molecular complexity index is 857. The molecule has 1 amide bonds. The molecular formula is C22H21NO2S. The zero-order chi connectivity index (χ0) is 18.2. The van der Waals surface area contributed by atoms with E-state index in [1.807, 2.05) is 60.0 Å². The maximum Gasteiger partial charge on any atom is 0.224 e. The summed E-state index contributed by atoms with van der Waals surface area (Å²) in [6.45, 7) is 0. The van der Waals surface area contributed by atoms with Gasteiger partial charge in [-0.3, -0.25) is 9.59 Å². The average Bonchev–Trinajstić information content (AvgIpc) is 3.19. The SMILES string of the molecule is O=C(CCCC(=O)c1cccs1)Nc1ccccc1Cc1ccccc1. The molecule has 0 saturated carbocycles. The molecule has 1 N–H and O–H groups in total. The largest absolute Gasteiger partial charge is 0.326 e. The number of amides is 1. The van der Waals surface area contributed by atoms with Crippen LogP contribution in [0.1, 0.15) is 40.1 Å². The summed E-state index contributed by atoms with van der Waals surface area (Å²) in [5.41, 5.74) is 3.13. The highest BCUT2D eigenvalue weighted by Gasteiger charge is 2.10. The number of carbonyl (C=O) groups excluding carboxylic acids is 2. The van der Waals surface area contributed by atoms with Gasteiger partial charge >= 0.3 is 0 Å². The minimum Gasteiger partial charge on any atom is -0.326 e. The van der Waals surface area contributed by atoms with Crippen molar-refractivity contribution in [1.29, 1.82) is 0 Å². The van der Waals surface area contributed by atoms with E-state index in [0.717, 1.165) is 22.5 Å². The molecule has 0 fully saturated rings. The Morgan fingerprint density at radius 3 is 2.38 bits per heavy atom. The molecule has 1 aromatic heterocycles. The maximum atomic E-state index is 12.3. The standard InChI is InChI=1S/C22H21NO2S/c24-20(21-13-7-15-26-21)12-6-14-22(25)23-19-11-5-4-10-18(19)16-17-8-2-1-3-9-17/h1-5,7-11,13,15H,6,12,14,16H2,(H,23,25). The first-order chi connectivity index (χ1) is 12.7. The summed E-state index contributed by atoms with van der Waals surface area (Å²) in [5, 5.41) is 4.88. The molecule has 0 aliphatic rings. The summed E-state index contributed by atoms with van der Waals surface area (Å²) < 4.78 is 0. The molecule has 0 radical (unpaired) electrons. The van der Waals surface area contributed by atoms with E-state index in [-0.39, 0.29) is 11.7 Å². The van der Waals surface area contributed by atoms with E-state index in [2.05, 4.69) is 17.4 Å². The number of hydrogen-bond acceptors (Lipinski definition) is 3. The van der Waals surface area contributed by atoms with Crippen LogP contribution < -0.4 is 5.32 Å². The van der Waals surface area contributed by atoms with Gasteiger partial charge < -0.3 is 5.32 Å². The quantitative estimate of drug-likeness (QED) is 0.550. The average molecular weight is 363 g/mol. The Hall–Kier alpha value is -2.72. The van der Waals surface area contributed by atoms with Gasteiger partial charge in [-0.25, -0.2) is 0 Å². The molecule has 3 rings (SSSR count). The van der Waals surface area contributed by atoms with Crippen molar-refractivity contribution in [3.8, 4) is 0 Å². The predicted molar refractivity (Wildman–Crippen MR) is 107 cm³/mol. The van der Waals surface area contributed by atoms with Crippen LogP contribution in [0, 0.1) is 0 Å². The lowest BCUT2D eigenvalue weighted by atomic mass is 10.0. The molecule has 3 nitrogen and oxygen atoms in total. The van der Waals surface area contributed by atoms with Crippen LogP contribution in [-0.4, -0.2) is 11.7 Å². The van der Waals surface area contributed by atoms with E-state index >= 15 is 0 Å². The fourth-order valence-electron chi connectivity index (χ4n) is 2.79. The topological polar surface area (TPSA) is 46.2 Å². The maximum absolute atomic E-state index is 12.3. The van der Waals surface area contributed by atoms with Crippen molar-refractivity contribution < 1.29 is 9.59 Å². The third-order valence-electron chi connectivity index (χ3n) is 4.13. The third kappa shape index (κ3) is 5.14. The molecular weight excluding hydrogens is 342 g/mol. The van der Waals surface area contributed by atoms with Gasteiger partial charge in [-0.1, -0.05) is 54.6 Å². The van der Waals surface area contributed by atoms with E-state index < -0.39 is 0 Å². The number of hydrogen-bond donors (Lipinski definition) is 1. The normalized spacial score (nSPS) is 10.5. The summed E-state index contributed by atoms with van der Waals surface area (Å²) >= 11 is 1.45. The van der Waals surface area contributed by atoms with Crippen molar-refractivity contribution in [2.24, 2.45) is 0 Å². The summed E-state index contributed by atoms with van der Waals surface area (Å²) in [7, 11) is 0. The predicted octanol–water partition coefficient (Wildman–Crippen LogP) is 5.33. The number of carbonyl (C=O) groups is 2. The van der Waals surface area contributed by atoms with Crippen LogP contribution in [0.2, 0.25) is 0 Å². The van der Waals surface area contributed by atoms with Crippen LogP contribution in [0.3, 0.4) is 0 Å². The van der Waals surface area contributed by atoms with E-state index in [4.69, 9.17) is 0 Å².